The highest BCUT2D eigenvalue weighted by Gasteiger charge is 2.55. The van der Waals surface area contributed by atoms with Crippen LogP contribution in [-0.2, 0) is 11.3 Å². The van der Waals surface area contributed by atoms with Crippen LogP contribution in [0.3, 0.4) is 0 Å². The SMILES string of the molecule is CCOC1CC(O)C12CCN(Cc1cc(F)ccc1C)CC2. The maximum Gasteiger partial charge on any atom is 0.123 e. The molecule has 1 spiro atoms. The lowest BCUT2D eigenvalue weighted by molar-refractivity contribution is -0.209. The van der Waals surface area contributed by atoms with Crippen molar-refractivity contribution in [2.24, 2.45) is 5.41 Å². The number of aliphatic hydroxyl groups excluding tert-OH is 1. The number of aryl methyl sites for hydroxylation is 1. The minimum absolute atomic E-state index is 0.0382. The minimum atomic E-state index is -0.220. The Morgan fingerprint density at radius 2 is 2.09 bits per heavy atom. The Labute approximate surface area is 132 Å². The van der Waals surface area contributed by atoms with Crippen LogP contribution in [0.15, 0.2) is 18.2 Å². The molecular formula is C18H26FNO2. The summed E-state index contributed by atoms with van der Waals surface area (Å²) in [5.41, 5.74) is 2.16. The molecule has 1 aromatic carbocycles. The van der Waals surface area contributed by atoms with E-state index in [-0.39, 0.29) is 23.4 Å². The number of halogens is 1. The first-order valence-corrected chi connectivity index (χ1v) is 8.32. The van der Waals surface area contributed by atoms with Crippen molar-refractivity contribution in [3.63, 3.8) is 0 Å². The summed E-state index contributed by atoms with van der Waals surface area (Å²) in [5.74, 6) is -0.167. The van der Waals surface area contributed by atoms with Gasteiger partial charge in [-0.1, -0.05) is 6.07 Å². The third-order valence-corrected chi connectivity index (χ3v) is 5.60. The van der Waals surface area contributed by atoms with Crippen LogP contribution >= 0.6 is 0 Å². The molecule has 2 fully saturated rings. The fourth-order valence-electron chi connectivity index (χ4n) is 4.00. The van der Waals surface area contributed by atoms with Gasteiger partial charge in [-0.2, -0.15) is 0 Å². The van der Waals surface area contributed by atoms with Gasteiger partial charge < -0.3 is 9.84 Å². The van der Waals surface area contributed by atoms with E-state index in [0.717, 1.165) is 50.0 Å². The van der Waals surface area contributed by atoms with Gasteiger partial charge in [-0.15, -0.1) is 0 Å². The molecule has 3 nitrogen and oxygen atoms in total. The van der Waals surface area contributed by atoms with Crippen molar-refractivity contribution in [2.75, 3.05) is 19.7 Å². The largest absolute Gasteiger partial charge is 0.392 e. The zero-order chi connectivity index (χ0) is 15.7. The number of hydrogen-bond donors (Lipinski definition) is 1. The molecule has 22 heavy (non-hydrogen) atoms. The number of likely N-dealkylation sites (tertiary alicyclic amines) is 1. The maximum atomic E-state index is 13.4. The molecule has 0 radical (unpaired) electrons. The molecule has 2 unspecified atom stereocenters. The first kappa shape index (κ1) is 15.9. The molecule has 0 amide bonds. The molecule has 0 bridgehead atoms. The van der Waals surface area contributed by atoms with Crippen LogP contribution in [0.5, 0.6) is 0 Å². The number of ether oxygens (including phenoxy) is 1. The molecule has 1 aliphatic heterocycles. The predicted octanol–water partition coefficient (Wildman–Crippen LogP) is 2.89. The smallest absolute Gasteiger partial charge is 0.123 e. The Hall–Kier alpha value is -0.970. The van der Waals surface area contributed by atoms with Gasteiger partial charge in [0.15, 0.2) is 0 Å². The third kappa shape index (κ3) is 2.80. The van der Waals surface area contributed by atoms with E-state index in [1.807, 2.05) is 19.9 Å². The molecule has 122 valence electrons. The molecular weight excluding hydrogens is 281 g/mol. The highest BCUT2D eigenvalue weighted by atomic mass is 19.1. The minimum Gasteiger partial charge on any atom is -0.392 e. The molecule has 1 N–H and O–H groups in total. The average molecular weight is 307 g/mol. The van der Waals surface area contributed by atoms with E-state index < -0.39 is 0 Å². The van der Waals surface area contributed by atoms with E-state index in [1.54, 1.807) is 6.07 Å². The number of benzene rings is 1. The van der Waals surface area contributed by atoms with Gasteiger partial charge in [-0.25, -0.2) is 4.39 Å². The Morgan fingerprint density at radius 1 is 1.36 bits per heavy atom. The van der Waals surface area contributed by atoms with E-state index in [9.17, 15) is 9.50 Å². The van der Waals surface area contributed by atoms with Gasteiger partial charge >= 0.3 is 0 Å². The number of rotatable bonds is 4. The fourth-order valence-corrected chi connectivity index (χ4v) is 4.00. The first-order chi connectivity index (χ1) is 10.5. The van der Waals surface area contributed by atoms with Crippen LogP contribution in [-0.4, -0.2) is 41.9 Å². The zero-order valence-corrected chi connectivity index (χ0v) is 13.5. The van der Waals surface area contributed by atoms with Gasteiger partial charge in [0, 0.05) is 25.0 Å². The van der Waals surface area contributed by atoms with Gasteiger partial charge in [0.25, 0.3) is 0 Å². The van der Waals surface area contributed by atoms with Gasteiger partial charge in [0.2, 0.25) is 0 Å². The molecule has 3 rings (SSSR count). The molecule has 1 aliphatic carbocycles. The summed E-state index contributed by atoms with van der Waals surface area (Å²) in [7, 11) is 0. The van der Waals surface area contributed by atoms with Crippen molar-refractivity contribution in [3.8, 4) is 0 Å². The van der Waals surface area contributed by atoms with Gasteiger partial charge in [-0.3, -0.25) is 4.90 Å². The van der Waals surface area contributed by atoms with E-state index in [1.165, 1.54) is 6.07 Å². The van der Waals surface area contributed by atoms with E-state index >= 15 is 0 Å². The third-order valence-electron chi connectivity index (χ3n) is 5.60. The first-order valence-electron chi connectivity index (χ1n) is 8.32. The number of piperidine rings is 1. The highest BCUT2D eigenvalue weighted by Crippen LogP contribution is 2.51. The van der Waals surface area contributed by atoms with E-state index in [0.29, 0.717) is 6.61 Å². The Bertz CT molecular complexity index is 524. The standard InChI is InChI=1S/C18H26FNO2/c1-3-22-17-11-16(21)18(17)6-8-20(9-7-18)12-14-10-15(19)5-4-13(14)2/h4-5,10,16-17,21H,3,6-9,11-12H2,1-2H3. The van der Waals surface area contributed by atoms with Crippen LogP contribution < -0.4 is 0 Å². The molecule has 1 saturated heterocycles. The van der Waals surface area contributed by atoms with Gasteiger partial charge in [0.05, 0.1) is 12.2 Å². The molecule has 0 aromatic heterocycles. The topological polar surface area (TPSA) is 32.7 Å². The van der Waals surface area contributed by atoms with Crippen molar-refractivity contribution < 1.29 is 14.2 Å². The molecule has 2 atom stereocenters. The maximum absolute atomic E-state index is 13.4. The van der Waals surface area contributed by atoms with Gasteiger partial charge in [-0.05, 0) is 63.0 Å². The lowest BCUT2D eigenvalue weighted by atomic mass is 9.58. The molecule has 1 saturated carbocycles. The quantitative estimate of drug-likeness (QED) is 0.928. The summed E-state index contributed by atoms with van der Waals surface area (Å²) in [6.45, 7) is 7.43. The predicted molar refractivity (Wildman–Crippen MR) is 84.1 cm³/mol. The second-order valence-electron chi connectivity index (χ2n) is 6.78. The Balaban J connectivity index is 1.61. The van der Waals surface area contributed by atoms with Crippen LogP contribution in [0.4, 0.5) is 4.39 Å². The lowest BCUT2D eigenvalue weighted by Crippen LogP contribution is -2.62. The average Bonchev–Trinajstić information content (AvgIpc) is 2.51. The molecule has 1 heterocycles. The summed E-state index contributed by atoms with van der Waals surface area (Å²) < 4.78 is 19.2. The second kappa shape index (κ2) is 6.26. The summed E-state index contributed by atoms with van der Waals surface area (Å²) in [4.78, 5) is 2.36. The van der Waals surface area contributed by atoms with Gasteiger partial charge in [0.1, 0.15) is 5.82 Å². The Kier molecular flexibility index (Phi) is 4.53. The summed E-state index contributed by atoms with van der Waals surface area (Å²) in [6.07, 6.45) is 2.70. The number of nitrogens with zero attached hydrogens (tertiary/aromatic N) is 1. The number of hydrogen-bond acceptors (Lipinski definition) is 3. The zero-order valence-electron chi connectivity index (χ0n) is 13.5. The summed E-state index contributed by atoms with van der Waals surface area (Å²) in [5, 5.41) is 10.2. The van der Waals surface area contributed by atoms with E-state index in [2.05, 4.69) is 4.90 Å². The molecule has 2 aliphatic rings. The lowest BCUT2D eigenvalue weighted by Gasteiger charge is -2.56. The Morgan fingerprint density at radius 3 is 2.73 bits per heavy atom. The van der Waals surface area contributed by atoms with Crippen LogP contribution in [0.1, 0.15) is 37.3 Å². The fraction of sp³-hybridized carbons (Fsp3) is 0.667. The number of aliphatic hydroxyl groups is 1. The monoisotopic (exact) mass is 307 g/mol. The summed E-state index contributed by atoms with van der Waals surface area (Å²) in [6, 6.07) is 5.00. The van der Waals surface area contributed by atoms with Crippen molar-refractivity contribution in [2.45, 2.75) is 51.9 Å². The van der Waals surface area contributed by atoms with Crippen LogP contribution in [0.25, 0.3) is 0 Å². The van der Waals surface area contributed by atoms with Crippen LogP contribution in [0.2, 0.25) is 0 Å². The summed E-state index contributed by atoms with van der Waals surface area (Å²) >= 11 is 0. The van der Waals surface area contributed by atoms with E-state index in [4.69, 9.17) is 4.74 Å². The van der Waals surface area contributed by atoms with Crippen molar-refractivity contribution in [1.82, 2.24) is 4.90 Å². The molecule has 1 aromatic rings. The normalized spacial score (nSPS) is 27.8. The van der Waals surface area contributed by atoms with Crippen molar-refractivity contribution >= 4 is 0 Å². The second-order valence-corrected chi connectivity index (χ2v) is 6.78. The highest BCUT2D eigenvalue weighted by molar-refractivity contribution is 5.26. The van der Waals surface area contributed by atoms with Crippen LogP contribution in [0, 0.1) is 18.2 Å². The van der Waals surface area contributed by atoms with Crippen molar-refractivity contribution in [3.05, 3.63) is 35.1 Å². The molecule has 4 heteroatoms. The van der Waals surface area contributed by atoms with Crippen molar-refractivity contribution in [1.29, 1.82) is 0 Å².